The summed E-state index contributed by atoms with van der Waals surface area (Å²) in [6, 6.07) is 7.57. The number of rotatable bonds is 4. The van der Waals surface area contributed by atoms with Crippen LogP contribution >= 0.6 is 11.3 Å². The topological polar surface area (TPSA) is 66.9 Å². The Balaban J connectivity index is 1.94. The smallest absolute Gasteiger partial charge is 0.248 e. The standard InChI is InChI=1S/C13H16N4OS/c1-8-4-6-11(7-5-8)14-9(2)12(18)15-13-17-16-10(3)19-13/h4-7,9,14H,1-3H3,(H,15,17,18). The third-order valence-corrected chi connectivity index (χ3v) is 3.34. The van der Waals surface area contributed by atoms with E-state index in [-0.39, 0.29) is 11.9 Å². The second-order valence-electron chi connectivity index (χ2n) is 4.35. The Morgan fingerprint density at radius 1 is 1.21 bits per heavy atom. The highest BCUT2D eigenvalue weighted by molar-refractivity contribution is 7.15. The molecular formula is C13H16N4OS. The van der Waals surface area contributed by atoms with Crippen LogP contribution in [-0.4, -0.2) is 22.1 Å². The Labute approximate surface area is 116 Å². The van der Waals surface area contributed by atoms with E-state index in [1.165, 1.54) is 16.9 Å². The van der Waals surface area contributed by atoms with E-state index >= 15 is 0 Å². The van der Waals surface area contributed by atoms with E-state index in [0.717, 1.165) is 10.7 Å². The van der Waals surface area contributed by atoms with Crippen molar-refractivity contribution in [2.24, 2.45) is 0 Å². The zero-order chi connectivity index (χ0) is 13.8. The van der Waals surface area contributed by atoms with Gasteiger partial charge < -0.3 is 5.32 Å². The number of hydrogen-bond donors (Lipinski definition) is 2. The first-order valence-corrected chi connectivity index (χ1v) is 6.80. The van der Waals surface area contributed by atoms with Gasteiger partial charge in [-0.25, -0.2) is 0 Å². The largest absolute Gasteiger partial charge is 0.374 e. The van der Waals surface area contributed by atoms with Crippen LogP contribution in [-0.2, 0) is 4.79 Å². The first kappa shape index (κ1) is 13.5. The Hall–Kier alpha value is -1.95. The summed E-state index contributed by atoms with van der Waals surface area (Å²) in [5.41, 5.74) is 2.11. The van der Waals surface area contributed by atoms with Crippen LogP contribution in [0.15, 0.2) is 24.3 Å². The molecule has 2 N–H and O–H groups in total. The van der Waals surface area contributed by atoms with Gasteiger partial charge in [0.05, 0.1) is 0 Å². The third-order valence-electron chi connectivity index (χ3n) is 2.58. The molecule has 0 aliphatic heterocycles. The minimum absolute atomic E-state index is 0.128. The van der Waals surface area contributed by atoms with E-state index in [1.807, 2.05) is 45.0 Å². The van der Waals surface area contributed by atoms with E-state index in [9.17, 15) is 4.79 Å². The van der Waals surface area contributed by atoms with Crippen molar-refractivity contribution in [3.8, 4) is 0 Å². The summed E-state index contributed by atoms with van der Waals surface area (Å²) < 4.78 is 0. The summed E-state index contributed by atoms with van der Waals surface area (Å²) in [5, 5.41) is 15.0. The van der Waals surface area contributed by atoms with Gasteiger partial charge in [0.1, 0.15) is 11.0 Å². The van der Waals surface area contributed by atoms with Crippen molar-refractivity contribution in [2.45, 2.75) is 26.8 Å². The van der Waals surface area contributed by atoms with Crippen LogP contribution in [0.25, 0.3) is 0 Å². The first-order chi connectivity index (χ1) is 9.04. The number of carbonyl (C=O) groups is 1. The highest BCUT2D eigenvalue weighted by Crippen LogP contribution is 2.15. The maximum Gasteiger partial charge on any atom is 0.248 e. The molecule has 0 radical (unpaired) electrons. The van der Waals surface area contributed by atoms with Crippen LogP contribution in [0.4, 0.5) is 10.8 Å². The maximum atomic E-state index is 12.0. The summed E-state index contributed by atoms with van der Waals surface area (Å²) in [7, 11) is 0. The Bertz CT molecular complexity index is 564. The number of aromatic nitrogens is 2. The molecule has 19 heavy (non-hydrogen) atoms. The molecule has 1 aromatic carbocycles. The number of amides is 1. The van der Waals surface area contributed by atoms with Gasteiger partial charge in [-0.05, 0) is 32.9 Å². The zero-order valence-electron chi connectivity index (χ0n) is 11.1. The fourth-order valence-electron chi connectivity index (χ4n) is 1.53. The number of anilines is 2. The van der Waals surface area contributed by atoms with Crippen LogP contribution < -0.4 is 10.6 Å². The second-order valence-corrected chi connectivity index (χ2v) is 5.53. The van der Waals surface area contributed by atoms with Gasteiger partial charge in [0.15, 0.2) is 0 Å². The summed E-state index contributed by atoms with van der Waals surface area (Å²) in [6.07, 6.45) is 0. The predicted molar refractivity (Wildman–Crippen MR) is 77.5 cm³/mol. The summed E-state index contributed by atoms with van der Waals surface area (Å²) in [4.78, 5) is 12.0. The van der Waals surface area contributed by atoms with Crippen molar-refractivity contribution < 1.29 is 4.79 Å². The monoisotopic (exact) mass is 276 g/mol. The molecule has 0 bridgehead atoms. The fraction of sp³-hybridized carbons (Fsp3) is 0.308. The average molecular weight is 276 g/mol. The Morgan fingerprint density at radius 2 is 1.89 bits per heavy atom. The molecule has 5 nitrogen and oxygen atoms in total. The number of nitrogens with one attached hydrogen (secondary N) is 2. The van der Waals surface area contributed by atoms with Crippen molar-refractivity contribution in [2.75, 3.05) is 10.6 Å². The van der Waals surface area contributed by atoms with Crippen LogP contribution in [0.5, 0.6) is 0 Å². The molecule has 0 saturated carbocycles. The highest BCUT2D eigenvalue weighted by atomic mass is 32.1. The van der Waals surface area contributed by atoms with E-state index in [0.29, 0.717) is 5.13 Å². The number of benzene rings is 1. The van der Waals surface area contributed by atoms with Crippen molar-refractivity contribution in [1.82, 2.24) is 10.2 Å². The van der Waals surface area contributed by atoms with E-state index in [4.69, 9.17) is 0 Å². The quantitative estimate of drug-likeness (QED) is 0.900. The molecule has 2 aromatic rings. The molecule has 0 saturated heterocycles. The molecule has 6 heteroatoms. The van der Waals surface area contributed by atoms with Gasteiger partial charge in [0.25, 0.3) is 0 Å². The summed E-state index contributed by atoms with van der Waals surface area (Å²) in [6.45, 7) is 5.68. The van der Waals surface area contributed by atoms with Crippen molar-refractivity contribution in [1.29, 1.82) is 0 Å². The summed E-state index contributed by atoms with van der Waals surface area (Å²) >= 11 is 1.36. The zero-order valence-corrected chi connectivity index (χ0v) is 11.9. The van der Waals surface area contributed by atoms with Gasteiger partial charge in [-0.2, -0.15) is 0 Å². The molecular weight excluding hydrogens is 260 g/mol. The molecule has 0 aliphatic rings. The van der Waals surface area contributed by atoms with Crippen molar-refractivity contribution in [3.63, 3.8) is 0 Å². The van der Waals surface area contributed by atoms with Crippen molar-refractivity contribution in [3.05, 3.63) is 34.8 Å². The van der Waals surface area contributed by atoms with Gasteiger partial charge >= 0.3 is 0 Å². The lowest BCUT2D eigenvalue weighted by Crippen LogP contribution is -2.31. The molecule has 1 amide bonds. The van der Waals surface area contributed by atoms with E-state index in [2.05, 4.69) is 20.8 Å². The van der Waals surface area contributed by atoms with Crippen molar-refractivity contribution >= 4 is 28.1 Å². The molecule has 1 atom stereocenters. The normalized spacial score (nSPS) is 11.9. The second kappa shape index (κ2) is 5.79. The van der Waals surface area contributed by atoms with Crippen LogP contribution in [0.2, 0.25) is 0 Å². The van der Waals surface area contributed by atoms with Gasteiger partial charge in [-0.3, -0.25) is 10.1 Å². The lowest BCUT2D eigenvalue weighted by molar-refractivity contribution is -0.116. The minimum atomic E-state index is -0.341. The highest BCUT2D eigenvalue weighted by Gasteiger charge is 2.14. The number of hydrogen-bond acceptors (Lipinski definition) is 5. The molecule has 100 valence electrons. The van der Waals surface area contributed by atoms with E-state index < -0.39 is 0 Å². The van der Waals surface area contributed by atoms with Crippen LogP contribution in [0.3, 0.4) is 0 Å². The fourth-order valence-corrected chi connectivity index (χ4v) is 2.12. The summed E-state index contributed by atoms with van der Waals surface area (Å²) in [5.74, 6) is -0.128. The molecule has 0 aliphatic carbocycles. The molecule has 1 aromatic heterocycles. The van der Waals surface area contributed by atoms with Crippen LogP contribution in [0.1, 0.15) is 17.5 Å². The number of carbonyl (C=O) groups excluding carboxylic acids is 1. The maximum absolute atomic E-state index is 12.0. The first-order valence-electron chi connectivity index (χ1n) is 5.99. The molecule has 0 fully saturated rings. The Morgan fingerprint density at radius 3 is 2.47 bits per heavy atom. The SMILES string of the molecule is Cc1ccc(NC(C)C(=O)Nc2nnc(C)s2)cc1. The lowest BCUT2D eigenvalue weighted by Gasteiger charge is -2.14. The molecule has 1 heterocycles. The minimum Gasteiger partial charge on any atom is -0.374 e. The predicted octanol–water partition coefficient (Wildman–Crippen LogP) is 2.59. The van der Waals surface area contributed by atoms with E-state index in [1.54, 1.807) is 0 Å². The Kier molecular flexibility index (Phi) is 4.11. The molecule has 0 spiro atoms. The van der Waals surface area contributed by atoms with Gasteiger partial charge in [0, 0.05) is 5.69 Å². The van der Waals surface area contributed by atoms with Gasteiger partial charge in [-0.15, -0.1) is 10.2 Å². The third kappa shape index (κ3) is 3.75. The van der Waals surface area contributed by atoms with Crippen LogP contribution in [0, 0.1) is 13.8 Å². The van der Waals surface area contributed by atoms with Gasteiger partial charge in [0.2, 0.25) is 11.0 Å². The number of nitrogens with zero attached hydrogens (tertiary/aromatic N) is 2. The average Bonchev–Trinajstić information content (AvgIpc) is 2.77. The number of aryl methyl sites for hydroxylation is 2. The molecule has 1 unspecified atom stereocenters. The van der Waals surface area contributed by atoms with Gasteiger partial charge in [-0.1, -0.05) is 29.0 Å². The lowest BCUT2D eigenvalue weighted by atomic mass is 10.2. The molecule has 2 rings (SSSR count).